The Morgan fingerprint density at radius 1 is 1.11 bits per heavy atom. The minimum Gasteiger partial charge on any atom is -0.341 e. The molecule has 6 nitrogen and oxygen atoms in total. The highest BCUT2D eigenvalue weighted by Crippen LogP contribution is 2.21. The molecule has 0 saturated heterocycles. The molecule has 1 N–H and O–H groups in total. The van der Waals surface area contributed by atoms with Crippen LogP contribution in [0.2, 0.25) is 0 Å². The Balaban J connectivity index is 1.64. The van der Waals surface area contributed by atoms with E-state index in [9.17, 15) is 4.79 Å². The third-order valence-corrected chi connectivity index (χ3v) is 4.91. The van der Waals surface area contributed by atoms with E-state index in [0.29, 0.717) is 0 Å². The monoisotopic (exact) mass is 373 g/mol. The maximum atomic E-state index is 13.0. The van der Waals surface area contributed by atoms with E-state index in [1.807, 2.05) is 77.0 Å². The fraction of sp³-hybridized carbons (Fsp3) is 0.227. The number of carbonyl (C=O) groups is 1. The van der Waals surface area contributed by atoms with Gasteiger partial charge in [0.05, 0.1) is 11.0 Å². The van der Waals surface area contributed by atoms with Gasteiger partial charge in [-0.3, -0.25) is 4.79 Å². The lowest BCUT2D eigenvalue weighted by atomic mass is 10.1. The van der Waals surface area contributed by atoms with Crippen LogP contribution in [0.4, 0.5) is 0 Å². The second-order valence-corrected chi connectivity index (χ2v) is 6.76. The minimum atomic E-state index is -0.312. The van der Waals surface area contributed by atoms with Gasteiger partial charge in [-0.25, -0.2) is 9.97 Å². The number of benzene rings is 2. The van der Waals surface area contributed by atoms with E-state index < -0.39 is 0 Å². The highest BCUT2D eigenvalue weighted by Gasteiger charge is 2.21. The van der Waals surface area contributed by atoms with Crippen LogP contribution >= 0.6 is 0 Å². The van der Waals surface area contributed by atoms with Crippen molar-refractivity contribution in [1.82, 2.24) is 24.4 Å². The number of fused-ring (bicyclic) bond motifs is 1. The van der Waals surface area contributed by atoms with Crippen LogP contribution in [0.3, 0.4) is 0 Å². The first-order chi connectivity index (χ1) is 13.7. The Morgan fingerprint density at radius 3 is 2.57 bits per heavy atom. The van der Waals surface area contributed by atoms with Gasteiger partial charge in [0.1, 0.15) is 24.2 Å². The van der Waals surface area contributed by atoms with Crippen LogP contribution in [0.25, 0.3) is 11.0 Å². The number of imidazole rings is 2. The fourth-order valence-electron chi connectivity index (χ4n) is 3.52. The lowest BCUT2D eigenvalue weighted by molar-refractivity contribution is -0.122. The third-order valence-electron chi connectivity index (χ3n) is 4.91. The quantitative estimate of drug-likeness (QED) is 0.564. The van der Waals surface area contributed by atoms with Crippen molar-refractivity contribution < 1.29 is 4.79 Å². The molecule has 0 bridgehead atoms. The van der Waals surface area contributed by atoms with Crippen molar-refractivity contribution >= 4 is 16.9 Å². The van der Waals surface area contributed by atoms with Crippen molar-refractivity contribution in [2.75, 3.05) is 0 Å². The first-order valence-electron chi connectivity index (χ1n) is 9.43. The van der Waals surface area contributed by atoms with E-state index in [1.54, 1.807) is 6.20 Å². The molecule has 6 heteroatoms. The molecule has 1 atom stereocenters. The Labute approximate surface area is 163 Å². The first-order valence-corrected chi connectivity index (χ1v) is 9.43. The summed E-state index contributed by atoms with van der Waals surface area (Å²) in [6.07, 6.45) is 4.40. The van der Waals surface area contributed by atoms with E-state index >= 15 is 0 Å². The molecule has 2 aromatic carbocycles. The molecule has 2 aromatic heterocycles. The van der Waals surface area contributed by atoms with Crippen molar-refractivity contribution in [3.05, 3.63) is 84.2 Å². The Hall–Kier alpha value is -3.41. The number of nitrogens with zero attached hydrogens (tertiary/aromatic N) is 4. The summed E-state index contributed by atoms with van der Waals surface area (Å²) in [5, 5.41) is 3.16. The van der Waals surface area contributed by atoms with Gasteiger partial charge in [0.2, 0.25) is 5.91 Å². The fourth-order valence-corrected chi connectivity index (χ4v) is 3.52. The number of para-hydroxylation sites is 2. The predicted octanol–water partition coefficient (Wildman–Crippen LogP) is 3.24. The maximum absolute atomic E-state index is 13.0. The number of rotatable bonds is 6. The van der Waals surface area contributed by atoms with Crippen molar-refractivity contribution in [2.24, 2.45) is 7.05 Å². The summed E-state index contributed by atoms with van der Waals surface area (Å²) in [6, 6.07) is 17.5. The number of aromatic nitrogens is 4. The van der Waals surface area contributed by atoms with E-state index in [-0.39, 0.29) is 18.5 Å². The smallest absolute Gasteiger partial charge is 0.240 e. The lowest BCUT2D eigenvalue weighted by Crippen LogP contribution is -2.34. The highest BCUT2D eigenvalue weighted by molar-refractivity contribution is 5.81. The van der Waals surface area contributed by atoms with Crippen molar-refractivity contribution in [3.8, 4) is 0 Å². The maximum Gasteiger partial charge on any atom is 0.240 e. The highest BCUT2D eigenvalue weighted by atomic mass is 16.2. The number of amides is 1. The van der Waals surface area contributed by atoms with E-state index in [4.69, 9.17) is 0 Å². The van der Waals surface area contributed by atoms with E-state index in [0.717, 1.165) is 34.7 Å². The molecule has 1 amide bonds. The van der Waals surface area contributed by atoms with E-state index in [1.165, 1.54) is 0 Å². The normalized spacial score (nSPS) is 12.2. The zero-order valence-corrected chi connectivity index (χ0v) is 16.0. The van der Waals surface area contributed by atoms with Crippen molar-refractivity contribution in [2.45, 2.75) is 25.9 Å². The molecule has 4 rings (SSSR count). The van der Waals surface area contributed by atoms with Crippen LogP contribution in [0, 0.1) is 0 Å². The van der Waals surface area contributed by atoms with Crippen LogP contribution in [0.1, 0.15) is 30.2 Å². The standard InChI is InChI=1S/C22H23N5O/c1-3-19-24-17-11-7-8-12-18(17)27(19)15-20(28)25-21(16-9-5-4-6-10-16)22-23-13-14-26(22)2/h4-14,21H,3,15H2,1-2H3,(H,25,28)/t21-/m1/s1. The number of hydrogen-bond donors (Lipinski definition) is 1. The average Bonchev–Trinajstić information content (AvgIpc) is 3.30. The molecule has 28 heavy (non-hydrogen) atoms. The molecule has 2 heterocycles. The molecular weight excluding hydrogens is 350 g/mol. The molecule has 0 unspecified atom stereocenters. The lowest BCUT2D eigenvalue weighted by Gasteiger charge is -2.20. The Bertz CT molecular complexity index is 1100. The molecule has 142 valence electrons. The zero-order chi connectivity index (χ0) is 19.5. The van der Waals surface area contributed by atoms with Crippen molar-refractivity contribution in [1.29, 1.82) is 0 Å². The molecule has 0 aliphatic rings. The number of nitrogens with one attached hydrogen (secondary N) is 1. The van der Waals surface area contributed by atoms with Gasteiger partial charge in [0.15, 0.2) is 0 Å². The largest absolute Gasteiger partial charge is 0.341 e. The van der Waals surface area contributed by atoms with Crippen LogP contribution in [-0.4, -0.2) is 25.0 Å². The van der Waals surface area contributed by atoms with Crippen LogP contribution in [0.15, 0.2) is 67.0 Å². The van der Waals surface area contributed by atoms with E-state index in [2.05, 4.69) is 22.2 Å². The summed E-state index contributed by atoms with van der Waals surface area (Å²) in [5.41, 5.74) is 2.88. The van der Waals surface area contributed by atoms with Crippen molar-refractivity contribution in [3.63, 3.8) is 0 Å². The van der Waals surface area contributed by atoms with Gasteiger partial charge >= 0.3 is 0 Å². The van der Waals surface area contributed by atoms with Gasteiger partial charge in [0.25, 0.3) is 0 Å². The summed E-state index contributed by atoms with van der Waals surface area (Å²) in [4.78, 5) is 22.1. The van der Waals surface area contributed by atoms with Crippen LogP contribution < -0.4 is 5.32 Å². The van der Waals surface area contributed by atoms with Gasteiger partial charge in [0, 0.05) is 25.9 Å². The van der Waals surface area contributed by atoms with Gasteiger partial charge in [-0.05, 0) is 17.7 Å². The topological polar surface area (TPSA) is 64.7 Å². The third kappa shape index (κ3) is 3.41. The van der Waals surface area contributed by atoms with Crippen LogP contribution in [-0.2, 0) is 24.8 Å². The number of carbonyl (C=O) groups excluding carboxylic acids is 1. The van der Waals surface area contributed by atoms with Gasteiger partial charge in [-0.1, -0.05) is 49.4 Å². The minimum absolute atomic E-state index is 0.0743. The molecular formula is C22H23N5O. The van der Waals surface area contributed by atoms with Gasteiger partial charge < -0.3 is 14.5 Å². The molecule has 0 radical (unpaired) electrons. The first kappa shape index (κ1) is 18.0. The van der Waals surface area contributed by atoms with Crippen LogP contribution in [0.5, 0.6) is 0 Å². The second-order valence-electron chi connectivity index (χ2n) is 6.76. The summed E-state index contributed by atoms with van der Waals surface area (Å²) in [5.74, 6) is 1.63. The van der Waals surface area contributed by atoms with Gasteiger partial charge in [-0.2, -0.15) is 0 Å². The number of hydrogen-bond acceptors (Lipinski definition) is 3. The SMILES string of the molecule is CCc1nc2ccccc2n1CC(=O)N[C@H](c1ccccc1)c1nccn1C. The van der Waals surface area contributed by atoms with Gasteiger partial charge in [-0.15, -0.1) is 0 Å². The predicted molar refractivity (Wildman–Crippen MR) is 109 cm³/mol. The summed E-state index contributed by atoms with van der Waals surface area (Å²) < 4.78 is 3.92. The summed E-state index contributed by atoms with van der Waals surface area (Å²) in [6.45, 7) is 2.27. The molecule has 0 spiro atoms. The number of aryl methyl sites for hydroxylation is 2. The Morgan fingerprint density at radius 2 is 1.86 bits per heavy atom. The average molecular weight is 373 g/mol. The summed E-state index contributed by atoms with van der Waals surface area (Å²) in [7, 11) is 1.93. The molecule has 4 aromatic rings. The second kappa shape index (κ2) is 7.68. The molecule has 0 aliphatic carbocycles. The Kier molecular flexibility index (Phi) is 4.93. The summed E-state index contributed by atoms with van der Waals surface area (Å²) >= 11 is 0. The zero-order valence-electron chi connectivity index (χ0n) is 16.0. The molecule has 0 saturated carbocycles. The molecule has 0 fully saturated rings. The molecule has 0 aliphatic heterocycles.